The standard InChI is InChI=1S/C20H11F4N3/c21-18-13(12-6-9-25-10-7-12)2-1-3-15(18)14-8-11-26-19-16(14)4-5-17(27-19)20(22,23)24/h1-11H. The molecule has 4 aromatic rings. The lowest BCUT2D eigenvalue weighted by molar-refractivity contribution is -0.141. The van der Waals surface area contributed by atoms with Crippen molar-refractivity contribution in [3.8, 4) is 22.3 Å². The first-order valence-electron chi connectivity index (χ1n) is 7.97. The maximum atomic E-state index is 15.2. The van der Waals surface area contributed by atoms with E-state index in [1.165, 1.54) is 12.3 Å². The van der Waals surface area contributed by atoms with E-state index in [0.29, 0.717) is 22.1 Å². The van der Waals surface area contributed by atoms with Gasteiger partial charge in [0.1, 0.15) is 11.5 Å². The van der Waals surface area contributed by atoms with Crippen molar-refractivity contribution in [1.82, 2.24) is 15.0 Å². The second-order valence-corrected chi connectivity index (χ2v) is 5.83. The smallest absolute Gasteiger partial charge is 0.265 e. The van der Waals surface area contributed by atoms with E-state index in [1.54, 1.807) is 48.8 Å². The van der Waals surface area contributed by atoms with Crippen molar-refractivity contribution in [1.29, 1.82) is 0 Å². The van der Waals surface area contributed by atoms with E-state index in [-0.39, 0.29) is 11.2 Å². The molecule has 27 heavy (non-hydrogen) atoms. The molecule has 3 heterocycles. The molecule has 0 spiro atoms. The van der Waals surface area contributed by atoms with Crippen molar-refractivity contribution in [3.63, 3.8) is 0 Å². The Balaban J connectivity index is 1.91. The molecular formula is C20H11F4N3. The zero-order chi connectivity index (χ0) is 19.0. The first-order valence-corrected chi connectivity index (χ1v) is 7.97. The van der Waals surface area contributed by atoms with Crippen LogP contribution in [-0.4, -0.2) is 15.0 Å². The monoisotopic (exact) mass is 369 g/mol. The lowest BCUT2D eigenvalue weighted by Crippen LogP contribution is -2.08. The van der Waals surface area contributed by atoms with E-state index in [9.17, 15) is 13.2 Å². The first kappa shape index (κ1) is 17.1. The van der Waals surface area contributed by atoms with Crippen molar-refractivity contribution in [2.24, 2.45) is 0 Å². The van der Waals surface area contributed by atoms with Crippen LogP contribution in [0.25, 0.3) is 33.3 Å². The minimum absolute atomic E-state index is 0.0870. The Kier molecular flexibility index (Phi) is 4.07. The van der Waals surface area contributed by atoms with Crippen LogP contribution in [0.4, 0.5) is 17.6 Å². The summed E-state index contributed by atoms with van der Waals surface area (Å²) in [5.41, 5.74) is 0.592. The lowest BCUT2D eigenvalue weighted by atomic mass is 9.97. The van der Waals surface area contributed by atoms with Crippen molar-refractivity contribution < 1.29 is 17.6 Å². The van der Waals surface area contributed by atoms with Crippen LogP contribution in [0.1, 0.15) is 5.69 Å². The second-order valence-electron chi connectivity index (χ2n) is 5.83. The van der Waals surface area contributed by atoms with E-state index in [0.717, 1.165) is 6.07 Å². The normalized spacial score (nSPS) is 11.7. The fraction of sp³-hybridized carbons (Fsp3) is 0.0500. The number of fused-ring (bicyclic) bond motifs is 1. The summed E-state index contributed by atoms with van der Waals surface area (Å²) in [6.07, 6.45) is -0.126. The van der Waals surface area contributed by atoms with Crippen LogP contribution < -0.4 is 0 Å². The Bertz CT molecular complexity index is 1130. The topological polar surface area (TPSA) is 38.7 Å². The molecule has 0 saturated carbocycles. The molecule has 0 fully saturated rings. The molecule has 1 aromatic carbocycles. The number of pyridine rings is 3. The molecule has 0 amide bonds. The Morgan fingerprint density at radius 1 is 0.741 bits per heavy atom. The summed E-state index contributed by atoms with van der Waals surface area (Å²) in [4.78, 5) is 11.4. The number of hydrogen-bond acceptors (Lipinski definition) is 3. The quantitative estimate of drug-likeness (QED) is 0.437. The number of nitrogens with zero attached hydrogens (tertiary/aromatic N) is 3. The van der Waals surface area contributed by atoms with Crippen molar-refractivity contribution >= 4 is 11.0 Å². The SMILES string of the molecule is Fc1c(-c2ccncc2)cccc1-c1ccnc2nc(C(F)(F)F)ccc12. The lowest BCUT2D eigenvalue weighted by Gasteiger charge is -2.12. The molecule has 0 bridgehead atoms. The second kappa shape index (κ2) is 6.42. The summed E-state index contributed by atoms with van der Waals surface area (Å²) in [5, 5.41) is 0.344. The minimum atomic E-state index is -4.57. The van der Waals surface area contributed by atoms with Crippen LogP contribution in [0.5, 0.6) is 0 Å². The van der Waals surface area contributed by atoms with Gasteiger partial charge >= 0.3 is 6.18 Å². The van der Waals surface area contributed by atoms with Crippen molar-refractivity contribution in [3.05, 3.63) is 78.6 Å². The van der Waals surface area contributed by atoms with E-state index in [2.05, 4.69) is 15.0 Å². The number of alkyl halides is 3. The molecular weight excluding hydrogens is 358 g/mol. The average Bonchev–Trinajstić information content (AvgIpc) is 2.67. The van der Waals surface area contributed by atoms with Gasteiger partial charge in [-0.05, 0) is 41.5 Å². The van der Waals surface area contributed by atoms with Crippen molar-refractivity contribution in [2.45, 2.75) is 6.18 Å². The number of rotatable bonds is 2. The van der Waals surface area contributed by atoms with Crippen LogP contribution in [-0.2, 0) is 6.18 Å². The number of benzene rings is 1. The molecule has 134 valence electrons. The molecule has 0 unspecified atom stereocenters. The largest absolute Gasteiger partial charge is 0.433 e. The third kappa shape index (κ3) is 3.12. The predicted molar refractivity (Wildman–Crippen MR) is 93.2 cm³/mol. The van der Waals surface area contributed by atoms with Crippen LogP contribution in [0, 0.1) is 5.82 Å². The van der Waals surface area contributed by atoms with Gasteiger partial charge in [0.2, 0.25) is 0 Å². The zero-order valence-corrected chi connectivity index (χ0v) is 13.7. The van der Waals surface area contributed by atoms with Crippen LogP contribution in [0.3, 0.4) is 0 Å². The molecule has 0 aliphatic carbocycles. The van der Waals surface area contributed by atoms with Crippen LogP contribution >= 0.6 is 0 Å². The maximum absolute atomic E-state index is 15.2. The Hall–Kier alpha value is -3.35. The van der Waals surface area contributed by atoms with Crippen LogP contribution in [0.2, 0.25) is 0 Å². The fourth-order valence-electron chi connectivity index (χ4n) is 2.92. The highest BCUT2D eigenvalue weighted by Gasteiger charge is 2.32. The summed E-state index contributed by atoms with van der Waals surface area (Å²) in [5.74, 6) is -0.476. The van der Waals surface area contributed by atoms with E-state index in [4.69, 9.17) is 0 Å². The Labute approximate surface area is 151 Å². The highest BCUT2D eigenvalue weighted by molar-refractivity contribution is 5.93. The summed E-state index contributed by atoms with van der Waals surface area (Å²) >= 11 is 0. The molecule has 7 heteroatoms. The molecule has 3 aromatic heterocycles. The fourth-order valence-corrected chi connectivity index (χ4v) is 2.92. The number of halogens is 4. The highest BCUT2D eigenvalue weighted by atomic mass is 19.4. The molecule has 3 nitrogen and oxygen atoms in total. The van der Waals surface area contributed by atoms with Gasteiger partial charge in [-0.15, -0.1) is 0 Å². The third-order valence-corrected chi connectivity index (χ3v) is 4.17. The molecule has 0 radical (unpaired) electrons. The summed E-state index contributed by atoms with van der Waals surface area (Å²) < 4.78 is 53.9. The molecule has 0 atom stereocenters. The van der Waals surface area contributed by atoms with Gasteiger partial charge < -0.3 is 0 Å². The van der Waals surface area contributed by atoms with E-state index in [1.807, 2.05) is 0 Å². The Morgan fingerprint density at radius 2 is 1.48 bits per heavy atom. The zero-order valence-electron chi connectivity index (χ0n) is 13.7. The number of aromatic nitrogens is 3. The highest BCUT2D eigenvalue weighted by Crippen LogP contribution is 2.35. The average molecular weight is 369 g/mol. The Morgan fingerprint density at radius 3 is 2.22 bits per heavy atom. The molecule has 0 aliphatic rings. The molecule has 0 aliphatic heterocycles. The molecule has 0 saturated heterocycles. The van der Waals surface area contributed by atoms with Crippen LogP contribution in [0.15, 0.2) is 67.1 Å². The van der Waals surface area contributed by atoms with Gasteiger partial charge in [-0.1, -0.05) is 18.2 Å². The van der Waals surface area contributed by atoms with Gasteiger partial charge in [0, 0.05) is 35.1 Å². The predicted octanol–water partition coefficient (Wildman–Crippen LogP) is 5.52. The third-order valence-electron chi connectivity index (χ3n) is 4.17. The molecule has 0 N–H and O–H groups in total. The number of hydrogen-bond donors (Lipinski definition) is 0. The van der Waals surface area contributed by atoms with Gasteiger partial charge in [-0.25, -0.2) is 14.4 Å². The van der Waals surface area contributed by atoms with Crippen molar-refractivity contribution in [2.75, 3.05) is 0 Å². The van der Waals surface area contributed by atoms with E-state index < -0.39 is 17.7 Å². The van der Waals surface area contributed by atoms with Gasteiger partial charge in [-0.3, -0.25) is 4.98 Å². The van der Waals surface area contributed by atoms with E-state index >= 15 is 4.39 Å². The summed E-state index contributed by atoms with van der Waals surface area (Å²) in [7, 11) is 0. The maximum Gasteiger partial charge on any atom is 0.433 e. The van der Waals surface area contributed by atoms with Gasteiger partial charge in [0.05, 0.1) is 0 Å². The minimum Gasteiger partial charge on any atom is -0.265 e. The first-order chi connectivity index (χ1) is 12.9. The summed E-state index contributed by atoms with van der Waals surface area (Å²) in [6.45, 7) is 0. The van der Waals surface area contributed by atoms with Gasteiger partial charge in [0.15, 0.2) is 5.65 Å². The van der Waals surface area contributed by atoms with Gasteiger partial charge in [-0.2, -0.15) is 13.2 Å². The summed E-state index contributed by atoms with van der Waals surface area (Å²) in [6, 6.07) is 12.0. The molecule has 4 rings (SSSR count). The van der Waals surface area contributed by atoms with Gasteiger partial charge in [0.25, 0.3) is 0 Å².